The highest BCUT2D eigenvalue weighted by Crippen LogP contribution is 2.34. The molecule has 2 aliphatic rings. The molecule has 1 N–H and O–H groups in total. The molecule has 1 aliphatic carbocycles. The number of aromatic nitrogens is 4. The van der Waals surface area contributed by atoms with Crippen LogP contribution in [0.3, 0.4) is 0 Å². The molecule has 1 saturated heterocycles. The van der Waals surface area contributed by atoms with Crippen molar-refractivity contribution in [3.05, 3.63) is 35.2 Å². The molecule has 5 nitrogen and oxygen atoms in total. The molecule has 0 radical (unpaired) electrons. The maximum absolute atomic E-state index is 4.88. The quantitative estimate of drug-likeness (QED) is 0.920. The van der Waals surface area contributed by atoms with Crippen LogP contribution in [0.5, 0.6) is 0 Å². The molecule has 0 spiro atoms. The minimum Gasteiger partial charge on any atom is -0.344 e. The number of hydrogen-bond donors (Lipinski definition) is 1. The fourth-order valence-electron chi connectivity index (χ4n) is 3.50. The summed E-state index contributed by atoms with van der Waals surface area (Å²) in [6.45, 7) is 3.03. The van der Waals surface area contributed by atoms with E-state index in [9.17, 15) is 0 Å². The number of aryl methyl sites for hydroxylation is 3. The van der Waals surface area contributed by atoms with Crippen LogP contribution in [0.15, 0.2) is 12.3 Å². The molecule has 1 atom stereocenters. The molecule has 0 saturated carbocycles. The van der Waals surface area contributed by atoms with Crippen LogP contribution in [0, 0.1) is 6.92 Å². The van der Waals surface area contributed by atoms with Gasteiger partial charge in [0, 0.05) is 24.1 Å². The Balaban J connectivity index is 1.65. The van der Waals surface area contributed by atoms with Gasteiger partial charge in [-0.3, -0.25) is 0 Å². The third-order valence-electron chi connectivity index (χ3n) is 4.58. The van der Waals surface area contributed by atoms with Crippen molar-refractivity contribution in [1.29, 1.82) is 0 Å². The lowest BCUT2D eigenvalue weighted by Crippen LogP contribution is -2.25. The van der Waals surface area contributed by atoms with E-state index in [0.29, 0.717) is 6.04 Å². The van der Waals surface area contributed by atoms with Crippen LogP contribution in [0.25, 0.3) is 0 Å². The smallest absolute Gasteiger partial charge is 0.226 e. The van der Waals surface area contributed by atoms with Crippen LogP contribution in [0.4, 0.5) is 5.95 Å². The van der Waals surface area contributed by atoms with Gasteiger partial charge in [0.15, 0.2) is 0 Å². The monoisotopic (exact) mass is 283 g/mol. The van der Waals surface area contributed by atoms with Gasteiger partial charge in [-0.25, -0.2) is 15.0 Å². The molecule has 0 unspecified atom stereocenters. The number of nitrogens with zero attached hydrogens (tertiary/aromatic N) is 4. The van der Waals surface area contributed by atoms with Gasteiger partial charge in [0.2, 0.25) is 5.95 Å². The zero-order valence-electron chi connectivity index (χ0n) is 12.5. The fourth-order valence-corrected chi connectivity index (χ4v) is 3.50. The molecule has 4 rings (SSSR count). The number of nitrogens with one attached hydrogen (secondary N) is 1. The molecule has 2 aromatic heterocycles. The molecular weight excluding hydrogens is 262 g/mol. The van der Waals surface area contributed by atoms with E-state index in [1.807, 2.05) is 19.2 Å². The second kappa shape index (κ2) is 5.13. The van der Waals surface area contributed by atoms with E-state index < -0.39 is 0 Å². The van der Waals surface area contributed by atoms with Crippen LogP contribution < -0.4 is 4.90 Å². The summed E-state index contributed by atoms with van der Waals surface area (Å²) in [6, 6.07) is 2.25. The second-order valence-corrected chi connectivity index (χ2v) is 6.10. The minimum absolute atomic E-state index is 0.303. The van der Waals surface area contributed by atoms with Crippen molar-refractivity contribution in [2.75, 3.05) is 11.4 Å². The number of imidazole rings is 1. The largest absolute Gasteiger partial charge is 0.344 e. The molecule has 3 heterocycles. The molecule has 2 aromatic rings. The topological polar surface area (TPSA) is 57.7 Å². The summed E-state index contributed by atoms with van der Waals surface area (Å²) in [5, 5.41) is 0. The highest BCUT2D eigenvalue weighted by molar-refractivity contribution is 5.36. The SMILES string of the molecule is Cc1ccnc(N2CCC[C@@H]2c2nc3c([nH]2)CCCC3)n1. The van der Waals surface area contributed by atoms with Gasteiger partial charge in [0.1, 0.15) is 5.82 Å². The molecule has 1 aliphatic heterocycles. The van der Waals surface area contributed by atoms with Crippen molar-refractivity contribution >= 4 is 5.95 Å². The Bertz CT molecular complexity index is 624. The Morgan fingerprint density at radius 1 is 1.19 bits per heavy atom. The Morgan fingerprint density at radius 2 is 2.10 bits per heavy atom. The van der Waals surface area contributed by atoms with E-state index in [2.05, 4.69) is 19.9 Å². The van der Waals surface area contributed by atoms with Crippen molar-refractivity contribution in [2.24, 2.45) is 0 Å². The number of rotatable bonds is 2. The van der Waals surface area contributed by atoms with Gasteiger partial charge in [0.05, 0.1) is 11.7 Å². The summed E-state index contributed by atoms with van der Waals surface area (Å²) < 4.78 is 0. The number of H-pyrrole nitrogens is 1. The summed E-state index contributed by atoms with van der Waals surface area (Å²) in [7, 11) is 0. The van der Waals surface area contributed by atoms with Gasteiger partial charge in [-0.15, -0.1) is 0 Å². The fraction of sp³-hybridized carbons (Fsp3) is 0.562. The first-order valence-electron chi connectivity index (χ1n) is 7.95. The zero-order valence-corrected chi connectivity index (χ0v) is 12.5. The lowest BCUT2D eigenvalue weighted by molar-refractivity contribution is 0.659. The molecule has 0 amide bonds. The van der Waals surface area contributed by atoms with Crippen molar-refractivity contribution in [3.63, 3.8) is 0 Å². The van der Waals surface area contributed by atoms with Crippen molar-refractivity contribution < 1.29 is 0 Å². The number of hydrogen-bond acceptors (Lipinski definition) is 4. The van der Waals surface area contributed by atoms with Crippen LogP contribution >= 0.6 is 0 Å². The van der Waals surface area contributed by atoms with E-state index in [1.165, 1.54) is 30.7 Å². The van der Waals surface area contributed by atoms with E-state index in [0.717, 1.165) is 43.3 Å². The zero-order chi connectivity index (χ0) is 14.2. The summed E-state index contributed by atoms with van der Waals surface area (Å²) >= 11 is 0. The normalized spacial score (nSPS) is 21.6. The van der Waals surface area contributed by atoms with Gasteiger partial charge in [-0.1, -0.05) is 0 Å². The van der Waals surface area contributed by atoms with Crippen LogP contribution in [0.1, 0.15) is 54.6 Å². The Hall–Kier alpha value is -1.91. The third-order valence-corrected chi connectivity index (χ3v) is 4.58. The average molecular weight is 283 g/mol. The highest BCUT2D eigenvalue weighted by atomic mass is 15.3. The molecule has 0 aromatic carbocycles. The van der Waals surface area contributed by atoms with Crippen LogP contribution in [-0.2, 0) is 12.8 Å². The highest BCUT2D eigenvalue weighted by Gasteiger charge is 2.31. The van der Waals surface area contributed by atoms with Gasteiger partial charge in [-0.05, 0) is 51.5 Å². The standard InChI is InChI=1S/C16H21N5/c1-11-8-9-17-16(18-11)21-10-4-7-14(21)15-19-12-5-2-3-6-13(12)20-15/h8-9,14H,2-7,10H2,1H3,(H,19,20)/t14-/m1/s1. The Labute approximate surface area is 124 Å². The predicted octanol–water partition coefficient (Wildman–Crippen LogP) is 2.73. The van der Waals surface area contributed by atoms with E-state index >= 15 is 0 Å². The van der Waals surface area contributed by atoms with Crippen molar-refractivity contribution in [2.45, 2.75) is 51.5 Å². The predicted molar refractivity (Wildman–Crippen MR) is 81.3 cm³/mol. The van der Waals surface area contributed by atoms with Crippen LogP contribution in [-0.4, -0.2) is 26.5 Å². The summed E-state index contributed by atoms with van der Waals surface area (Å²) in [5.74, 6) is 1.95. The van der Waals surface area contributed by atoms with E-state index in [1.54, 1.807) is 0 Å². The van der Waals surface area contributed by atoms with Gasteiger partial charge in [0.25, 0.3) is 0 Å². The maximum Gasteiger partial charge on any atom is 0.226 e. The molecule has 5 heteroatoms. The first-order valence-corrected chi connectivity index (χ1v) is 7.95. The van der Waals surface area contributed by atoms with Crippen LogP contribution in [0.2, 0.25) is 0 Å². The second-order valence-electron chi connectivity index (χ2n) is 6.10. The number of anilines is 1. The van der Waals surface area contributed by atoms with Gasteiger partial charge in [-0.2, -0.15) is 0 Å². The van der Waals surface area contributed by atoms with Crippen molar-refractivity contribution in [3.8, 4) is 0 Å². The third kappa shape index (κ3) is 2.30. The number of aromatic amines is 1. The minimum atomic E-state index is 0.303. The lowest BCUT2D eigenvalue weighted by atomic mass is 10.0. The average Bonchev–Trinajstić information content (AvgIpc) is 3.13. The molecular formula is C16H21N5. The van der Waals surface area contributed by atoms with Gasteiger partial charge >= 0.3 is 0 Å². The Morgan fingerprint density at radius 3 is 2.95 bits per heavy atom. The molecule has 110 valence electrons. The summed E-state index contributed by atoms with van der Waals surface area (Å²) in [5.41, 5.74) is 3.66. The summed E-state index contributed by atoms with van der Waals surface area (Å²) in [6.07, 6.45) is 8.98. The first kappa shape index (κ1) is 12.8. The molecule has 21 heavy (non-hydrogen) atoms. The Kier molecular flexibility index (Phi) is 3.13. The van der Waals surface area contributed by atoms with E-state index in [4.69, 9.17) is 4.98 Å². The van der Waals surface area contributed by atoms with E-state index in [-0.39, 0.29) is 0 Å². The first-order chi connectivity index (χ1) is 10.3. The maximum atomic E-state index is 4.88. The molecule has 0 bridgehead atoms. The van der Waals surface area contributed by atoms with Crippen molar-refractivity contribution in [1.82, 2.24) is 19.9 Å². The summed E-state index contributed by atoms with van der Waals surface area (Å²) in [4.78, 5) is 19.8. The molecule has 1 fully saturated rings. The van der Waals surface area contributed by atoms with Gasteiger partial charge < -0.3 is 9.88 Å². The lowest BCUT2D eigenvalue weighted by Gasteiger charge is -2.23. The number of fused-ring (bicyclic) bond motifs is 1.